The molecule has 0 fully saturated rings. The summed E-state index contributed by atoms with van der Waals surface area (Å²) in [5.41, 5.74) is 1.48. The highest BCUT2D eigenvalue weighted by atomic mass is 16.5. The Morgan fingerprint density at radius 2 is 1.59 bits per heavy atom. The van der Waals surface area contributed by atoms with E-state index in [4.69, 9.17) is 14.2 Å². The van der Waals surface area contributed by atoms with Gasteiger partial charge in [-0.3, -0.25) is 4.79 Å². The average molecular weight is 368 g/mol. The number of phenols is 1. The maximum Gasteiger partial charge on any atom is 0.331 e. The molecule has 0 atom stereocenters. The third-order valence-corrected chi connectivity index (χ3v) is 3.55. The van der Waals surface area contributed by atoms with Crippen molar-refractivity contribution in [3.63, 3.8) is 0 Å². The van der Waals surface area contributed by atoms with Gasteiger partial charge < -0.3 is 19.3 Å². The van der Waals surface area contributed by atoms with Gasteiger partial charge in [0.1, 0.15) is 5.75 Å². The van der Waals surface area contributed by atoms with E-state index in [9.17, 15) is 14.7 Å². The van der Waals surface area contributed by atoms with Crippen LogP contribution in [0.1, 0.15) is 11.1 Å². The molecule has 1 N–H and O–H groups in total. The van der Waals surface area contributed by atoms with Crippen molar-refractivity contribution >= 4 is 23.9 Å². The van der Waals surface area contributed by atoms with Gasteiger partial charge in [0.2, 0.25) is 0 Å². The van der Waals surface area contributed by atoms with Crippen molar-refractivity contribution in [3.8, 4) is 17.2 Å². The largest absolute Gasteiger partial charge is 0.504 e. The van der Waals surface area contributed by atoms with Gasteiger partial charge in [-0.05, 0) is 47.5 Å². The SMILES string of the molecule is COc1ccc(/C=C/C(=O)OCC(=O)/C=C/c2ccc(O)c(OC)c2)cc1. The van der Waals surface area contributed by atoms with E-state index in [1.54, 1.807) is 55.7 Å². The zero-order valence-corrected chi connectivity index (χ0v) is 15.0. The minimum atomic E-state index is -0.612. The molecular weight excluding hydrogens is 348 g/mol. The van der Waals surface area contributed by atoms with Crippen molar-refractivity contribution < 1.29 is 28.9 Å². The second-order valence-electron chi connectivity index (χ2n) is 5.45. The van der Waals surface area contributed by atoms with E-state index in [0.717, 1.165) is 11.3 Å². The lowest BCUT2D eigenvalue weighted by molar-refractivity contribution is -0.141. The molecule has 0 aliphatic rings. The van der Waals surface area contributed by atoms with E-state index in [1.165, 1.54) is 25.3 Å². The Hall–Kier alpha value is -3.54. The summed E-state index contributed by atoms with van der Waals surface area (Å²) in [6.07, 6.45) is 5.69. The molecule has 0 radical (unpaired) electrons. The molecule has 140 valence electrons. The van der Waals surface area contributed by atoms with Crippen LogP contribution in [0.2, 0.25) is 0 Å². The summed E-state index contributed by atoms with van der Waals surface area (Å²) in [4.78, 5) is 23.5. The Labute approximate surface area is 157 Å². The second-order valence-corrected chi connectivity index (χ2v) is 5.45. The monoisotopic (exact) mass is 368 g/mol. The van der Waals surface area contributed by atoms with Gasteiger partial charge in [-0.2, -0.15) is 0 Å². The van der Waals surface area contributed by atoms with E-state index in [2.05, 4.69) is 0 Å². The summed E-state index contributed by atoms with van der Waals surface area (Å²) >= 11 is 0. The number of ether oxygens (including phenoxy) is 3. The lowest BCUT2D eigenvalue weighted by atomic mass is 10.1. The number of aromatic hydroxyl groups is 1. The van der Waals surface area contributed by atoms with E-state index in [0.29, 0.717) is 11.3 Å². The quantitative estimate of drug-likeness (QED) is 0.569. The third kappa shape index (κ3) is 6.36. The number of esters is 1. The molecule has 0 amide bonds. The first-order valence-electron chi connectivity index (χ1n) is 8.08. The molecule has 0 unspecified atom stereocenters. The second kappa shape index (κ2) is 9.82. The average Bonchev–Trinajstić information content (AvgIpc) is 2.70. The maximum atomic E-state index is 11.8. The highest BCUT2D eigenvalue weighted by molar-refractivity contribution is 5.96. The summed E-state index contributed by atoms with van der Waals surface area (Å²) in [6.45, 7) is -0.364. The summed E-state index contributed by atoms with van der Waals surface area (Å²) in [5, 5.41) is 9.53. The number of ketones is 1. The smallest absolute Gasteiger partial charge is 0.331 e. The molecule has 6 nitrogen and oxygen atoms in total. The fourth-order valence-electron chi connectivity index (χ4n) is 2.10. The van der Waals surface area contributed by atoms with Crippen LogP contribution in [0.3, 0.4) is 0 Å². The first-order chi connectivity index (χ1) is 13.0. The Bertz CT molecular complexity index is 849. The van der Waals surface area contributed by atoms with Gasteiger partial charge in [-0.1, -0.05) is 24.3 Å². The molecular formula is C21H20O6. The summed E-state index contributed by atoms with van der Waals surface area (Å²) in [6, 6.07) is 11.8. The van der Waals surface area contributed by atoms with Gasteiger partial charge in [0.25, 0.3) is 0 Å². The maximum absolute atomic E-state index is 11.8. The van der Waals surface area contributed by atoms with E-state index in [-0.39, 0.29) is 18.1 Å². The van der Waals surface area contributed by atoms with Crippen molar-refractivity contribution in [2.24, 2.45) is 0 Å². The van der Waals surface area contributed by atoms with Gasteiger partial charge in [0.15, 0.2) is 23.9 Å². The number of methoxy groups -OCH3 is 2. The molecule has 6 heteroatoms. The van der Waals surface area contributed by atoms with Crippen molar-refractivity contribution in [1.29, 1.82) is 0 Å². The molecule has 0 aromatic heterocycles. The van der Waals surface area contributed by atoms with Gasteiger partial charge in [-0.25, -0.2) is 4.79 Å². The highest BCUT2D eigenvalue weighted by Gasteiger charge is 2.04. The third-order valence-electron chi connectivity index (χ3n) is 3.55. The van der Waals surface area contributed by atoms with Gasteiger partial charge in [-0.15, -0.1) is 0 Å². The number of hydrogen-bond donors (Lipinski definition) is 1. The van der Waals surface area contributed by atoms with Gasteiger partial charge in [0, 0.05) is 6.08 Å². The zero-order valence-electron chi connectivity index (χ0n) is 15.0. The van der Waals surface area contributed by atoms with Crippen LogP contribution in [0.15, 0.2) is 54.6 Å². The minimum absolute atomic E-state index is 0.0125. The predicted molar refractivity (Wildman–Crippen MR) is 102 cm³/mol. The van der Waals surface area contributed by atoms with Gasteiger partial charge >= 0.3 is 5.97 Å². The van der Waals surface area contributed by atoms with Crippen molar-refractivity contribution in [2.75, 3.05) is 20.8 Å². The summed E-state index contributed by atoms with van der Waals surface area (Å²) in [7, 11) is 3.01. The fraction of sp³-hybridized carbons (Fsp3) is 0.143. The number of benzene rings is 2. The molecule has 0 saturated heterocycles. The van der Waals surface area contributed by atoms with Crippen molar-refractivity contribution in [1.82, 2.24) is 0 Å². The van der Waals surface area contributed by atoms with E-state index >= 15 is 0 Å². The normalized spacial score (nSPS) is 10.9. The van der Waals surface area contributed by atoms with Gasteiger partial charge in [0.05, 0.1) is 14.2 Å². The van der Waals surface area contributed by atoms with Crippen LogP contribution in [0.4, 0.5) is 0 Å². The Morgan fingerprint density at radius 3 is 2.26 bits per heavy atom. The number of hydrogen-bond acceptors (Lipinski definition) is 6. The predicted octanol–water partition coefficient (Wildman–Crippen LogP) is 3.25. The highest BCUT2D eigenvalue weighted by Crippen LogP contribution is 2.26. The molecule has 0 bridgehead atoms. The number of rotatable bonds is 8. The van der Waals surface area contributed by atoms with Crippen LogP contribution in [0.25, 0.3) is 12.2 Å². The standard InChI is InChI=1S/C21H20O6/c1-25-18-9-4-15(5-10-18)7-12-21(24)27-14-17(22)8-3-16-6-11-19(23)20(13-16)26-2/h3-13,23H,14H2,1-2H3/b8-3+,12-7+. The lowest BCUT2D eigenvalue weighted by Gasteiger charge is -2.03. The lowest BCUT2D eigenvalue weighted by Crippen LogP contribution is -2.09. The van der Waals surface area contributed by atoms with Crippen molar-refractivity contribution in [3.05, 3.63) is 65.7 Å². The van der Waals surface area contributed by atoms with Crippen molar-refractivity contribution in [2.45, 2.75) is 0 Å². The molecule has 0 aliphatic heterocycles. The van der Waals surface area contributed by atoms with Crippen LogP contribution < -0.4 is 9.47 Å². The van der Waals surface area contributed by atoms with E-state index < -0.39 is 5.97 Å². The Kier molecular flexibility index (Phi) is 7.19. The Morgan fingerprint density at radius 1 is 0.926 bits per heavy atom. The molecule has 0 spiro atoms. The first kappa shape index (κ1) is 19.8. The zero-order chi connectivity index (χ0) is 19.6. The molecule has 2 aromatic carbocycles. The van der Waals surface area contributed by atoms with Crippen LogP contribution >= 0.6 is 0 Å². The number of carbonyl (C=O) groups is 2. The minimum Gasteiger partial charge on any atom is -0.504 e. The van der Waals surface area contributed by atoms with E-state index in [1.807, 2.05) is 0 Å². The molecule has 0 heterocycles. The Balaban J connectivity index is 1.83. The number of phenolic OH excluding ortho intramolecular Hbond substituents is 1. The van der Waals surface area contributed by atoms with Crippen LogP contribution in [0, 0.1) is 0 Å². The summed E-state index contributed by atoms with van der Waals surface area (Å²) < 4.78 is 15.0. The first-order valence-corrected chi connectivity index (χ1v) is 8.08. The molecule has 0 saturated carbocycles. The molecule has 0 aliphatic carbocycles. The fourth-order valence-corrected chi connectivity index (χ4v) is 2.10. The molecule has 2 rings (SSSR count). The molecule has 27 heavy (non-hydrogen) atoms. The summed E-state index contributed by atoms with van der Waals surface area (Å²) in [5.74, 6) is 0.0590. The van der Waals surface area contributed by atoms with Crippen LogP contribution in [0.5, 0.6) is 17.2 Å². The molecule has 2 aromatic rings. The van der Waals surface area contributed by atoms with Crippen LogP contribution in [-0.4, -0.2) is 37.7 Å². The topological polar surface area (TPSA) is 82.1 Å². The number of carbonyl (C=O) groups excluding carboxylic acids is 2. The van der Waals surface area contributed by atoms with Crippen LogP contribution in [-0.2, 0) is 14.3 Å².